The number of rotatable bonds is 5. The summed E-state index contributed by atoms with van der Waals surface area (Å²) in [6.07, 6.45) is 1.58. The molecule has 1 aromatic carbocycles. The van der Waals surface area contributed by atoms with E-state index in [1.807, 2.05) is 6.92 Å². The lowest BCUT2D eigenvalue weighted by molar-refractivity contribution is 0.0478. The monoisotopic (exact) mass is 279 g/mol. The molecule has 1 atom stereocenters. The number of halogens is 1. The van der Waals surface area contributed by atoms with Gasteiger partial charge in [-0.1, -0.05) is 6.07 Å². The molecule has 1 aromatic heterocycles. The Labute approximate surface area is 117 Å². The average Bonchev–Trinajstić information content (AvgIpc) is 2.84. The molecule has 0 aliphatic carbocycles. The van der Waals surface area contributed by atoms with Gasteiger partial charge in [-0.3, -0.25) is 4.68 Å². The van der Waals surface area contributed by atoms with Crippen LogP contribution in [-0.2, 0) is 18.6 Å². The van der Waals surface area contributed by atoms with E-state index in [0.29, 0.717) is 18.1 Å². The number of nitrogens with zero attached hydrogens (tertiary/aromatic N) is 3. The molecule has 0 saturated carbocycles. The maximum atomic E-state index is 14.1. The molecule has 0 bridgehead atoms. The molecule has 20 heavy (non-hydrogen) atoms. The van der Waals surface area contributed by atoms with Gasteiger partial charge in [0, 0.05) is 13.0 Å². The summed E-state index contributed by atoms with van der Waals surface area (Å²) < 4.78 is 20.9. The number of hydrogen-bond acceptors (Lipinski definition) is 4. The van der Waals surface area contributed by atoms with E-state index in [9.17, 15) is 9.50 Å². The van der Waals surface area contributed by atoms with Crippen LogP contribution in [0.5, 0.6) is 5.75 Å². The summed E-state index contributed by atoms with van der Waals surface area (Å²) in [5.41, 5.74) is -1.30. The fourth-order valence-electron chi connectivity index (χ4n) is 2.28. The molecular formula is C14H18FN3O2. The molecular weight excluding hydrogens is 261 g/mol. The van der Waals surface area contributed by atoms with Crippen LogP contribution in [-0.4, -0.2) is 27.0 Å². The van der Waals surface area contributed by atoms with Crippen molar-refractivity contribution in [2.75, 3.05) is 7.11 Å². The molecule has 0 fully saturated rings. The third-order valence-electron chi connectivity index (χ3n) is 3.23. The number of aliphatic hydroxyl groups is 1. The molecule has 0 saturated heterocycles. The standard InChI is InChI=1S/C14H18FN3O2/c1-4-18-12(16-9-17-18)8-14(2,19)13-10(15)6-5-7-11(13)20-3/h5-7,9,19H,4,8H2,1-3H3. The van der Waals surface area contributed by atoms with Crippen molar-refractivity contribution >= 4 is 0 Å². The van der Waals surface area contributed by atoms with Gasteiger partial charge in [0.15, 0.2) is 0 Å². The van der Waals surface area contributed by atoms with Crippen LogP contribution in [0.1, 0.15) is 25.2 Å². The highest BCUT2D eigenvalue weighted by Gasteiger charge is 2.32. The van der Waals surface area contributed by atoms with Crippen LogP contribution in [0.2, 0.25) is 0 Å². The summed E-state index contributed by atoms with van der Waals surface area (Å²) >= 11 is 0. The first-order valence-electron chi connectivity index (χ1n) is 6.41. The summed E-state index contributed by atoms with van der Waals surface area (Å²) in [7, 11) is 1.45. The molecule has 5 nitrogen and oxygen atoms in total. The normalized spacial score (nSPS) is 14.1. The van der Waals surface area contributed by atoms with Crippen molar-refractivity contribution in [2.24, 2.45) is 0 Å². The van der Waals surface area contributed by atoms with Crippen LogP contribution in [0.3, 0.4) is 0 Å². The molecule has 0 radical (unpaired) electrons. The SMILES string of the molecule is CCn1ncnc1CC(C)(O)c1c(F)cccc1OC. The van der Waals surface area contributed by atoms with Gasteiger partial charge in [0.2, 0.25) is 0 Å². The van der Waals surface area contributed by atoms with Crippen molar-refractivity contribution in [3.8, 4) is 5.75 Å². The molecule has 0 aliphatic rings. The van der Waals surface area contributed by atoms with Gasteiger partial charge in [-0.2, -0.15) is 5.10 Å². The smallest absolute Gasteiger partial charge is 0.138 e. The van der Waals surface area contributed by atoms with E-state index in [1.54, 1.807) is 23.7 Å². The van der Waals surface area contributed by atoms with Crippen molar-refractivity contribution < 1.29 is 14.2 Å². The van der Waals surface area contributed by atoms with Crippen molar-refractivity contribution in [1.82, 2.24) is 14.8 Å². The minimum Gasteiger partial charge on any atom is -0.496 e. The van der Waals surface area contributed by atoms with Crippen molar-refractivity contribution in [1.29, 1.82) is 0 Å². The predicted molar refractivity (Wildman–Crippen MR) is 71.9 cm³/mol. The molecule has 2 aromatic rings. The Morgan fingerprint density at radius 3 is 2.85 bits per heavy atom. The molecule has 1 N–H and O–H groups in total. The maximum Gasteiger partial charge on any atom is 0.138 e. The molecule has 1 heterocycles. The predicted octanol–water partition coefficient (Wildman–Crippen LogP) is 1.90. The van der Waals surface area contributed by atoms with Crippen molar-refractivity contribution in [3.05, 3.63) is 41.7 Å². The average molecular weight is 279 g/mol. The van der Waals surface area contributed by atoms with Crippen molar-refractivity contribution in [2.45, 2.75) is 32.4 Å². The Balaban J connectivity index is 2.40. The highest BCUT2D eigenvalue weighted by Crippen LogP contribution is 2.34. The lowest BCUT2D eigenvalue weighted by Gasteiger charge is -2.25. The van der Waals surface area contributed by atoms with Gasteiger partial charge in [-0.15, -0.1) is 0 Å². The Bertz CT molecular complexity index is 596. The molecule has 0 aliphatic heterocycles. The lowest BCUT2D eigenvalue weighted by atomic mass is 9.90. The topological polar surface area (TPSA) is 60.2 Å². The summed E-state index contributed by atoms with van der Waals surface area (Å²) in [4.78, 5) is 4.11. The number of aromatic nitrogens is 3. The third kappa shape index (κ3) is 2.65. The second-order valence-electron chi connectivity index (χ2n) is 4.76. The largest absolute Gasteiger partial charge is 0.496 e. The Kier molecular flexibility index (Phi) is 4.04. The fourth-order valence-corrected chi connectivity index (χ4v) is 2.28. The summed E-state index contributed by atoms with van der Waals surface area (Å²) in [5, 5.41) is 14.7. The number of benzene rings is 1. The highest BCUT2D eigenvalue weighted by atomic mass is 19.1. The summed E-state index contributed by atoms with van der Waals surface area (Å²) in [6.45, 7) is 4.11. The zero-order valence-corrected chi connectivity index (χ0v) is 11.8. The van der Waals surface area contributed by atoms with E-state index in [2.05, 4.69) is 10.1 Å². The van der Waals surface area contributed by atoms with Crippen LogP contribution >= 0.6 is 0 Å². The number of methoxy groups -OCH3 is 1. The second kappa shape index (κ2) is 5.58. The van der Waals surface area contributed by atoms with E-state index in [4.69, 9.17) is 4.74 Å². The van der Waals surface area contributed by atoms with Gasteiger partial charge in [-0.05, 0) is 26.0 Å². The first-order chi connectivity index (χ1) is 9.49. The van der Waals surface area contributed by atoms with Crippen LogP contribution in [0, 0.1) is 5.82 Å². The molecule has 1 unspecified atom stereocenters. The lowest BCUT2D eigenvalue weighted by Crippen LogP contribution is -2.28. The van der Waals surface area contributed by atoms with Gasteiger partial charge in [0.25, 0.3) is 0 Å². The highest BCUT2D eigenvalue weighted by molar-refractivity contribution is 5.39. The quantitative estimate of drug-likeness (QED) is 0.908. The zero-order chi connectivity index (χ0) is 14.8. The van der Waals surface area contributed by atoms with Gasteiger partial charge < -0.3 is 9.84 Å². The second-order valence-corrected chi connectivity index (χ2v) is 4.76. The number of hydrogen-bond donors (Lipinski definition) is 1. The van der Waals surface area contributed by atoms with Crippen molar-refractivity contribution in [3.63, 3.8) is 0 Å². The molecule has 0 spiro atoms. The fraction of sp³-hybridized carbons (Fsp3) is 0.429. The van der Waals surface area contributed by atoms with Crippen LogP contribution < -0.4 is 4.74 Å². The Morgan fingerprint density at radius 2 is 2.20 bits per heavy atom. The minimum absolute atomic E-state index is 0.133. The Morgan fingerprint density at radius 1 is 1.45 bits per heavy atom. The van der Waals surface area contributed by atoms with E-state index in [-0.39, 0.29) is 12.0 Å². The Hall–Kier alpha value is -1.95. The van der Waals surface area contributed by atoms with Crippen LogP contribution in [0.15, 0.2) is 24.5 Å². The van der Waals surface area contributed by atoms with Crippen LogP contribution in [0.4, 0.5) is 4.39 Å². The minimum atomic E-state index is -1.43. The summed E-state index contributed by atoms with van der Waals surface area (Å²) in [5.74, 6) is 0.414. The number of ether oxygens (including phenoxy) is 1. The van der Waals surface area contributed by atoms with E-state index in [1.165, 1.54) is 19.5 Å². The van der Waals surface area contributed by atoms with E-state index >= 15 is 0 Å². The maximum absolute atomic E-state index is 14.1. The third-order valence-corrected chi connectivity index (χ3v) is 3.23. The first kappa shape index (κ1) is 14.5. The van der Waals surface area contributed by atoms with Gasteiger partial charge in [0.05, 0.1) is 12.7 Å². The molecule has 108 valence electrons. The molecule has 2 rings (SSSR count). The first-order valence-corrected chi connectivity index (χ1v) is 6.41. The van der Waals surface area contributed by atoms with Crippen LogP contribution in [0.25, 0.3) is 0 Å². The molecule has 6 heteroatoms. The van der Waals surface area contributed by atoms with Gasteiger partial charge in [0.1, 0.15) is 29.3 Å². The number of aryl methyl sites for hydroxylation is 1. The van der Waals surface area contributed by atoms with E-state index < -0.39 is 11.4 Å². The molecule has 0 amide bonds. The summed E-state index contributed by atoms with van der Waals surface area (Å²) in [6, 6.07) is 4.47. The van der Waals surface area contributed by atoms with E-state index in [0.717, 1.165) is 0 Å². The van der Waals surface area contributed by atoms with Gasteiger partial charge >= 0.3 is 0 Å². The van der Waals surface area contributed by atoms with Gasteiger partial charge in [-0.25, -0.2) is 9.37 Å². The zero-order valence-electron chi connectivity index (χ0n) is 11.8.